The van der Waals surface area contributed by atoms with Crippen LogP contribution in [0.4, 0.5) is 0 Å². The third-order valence-electron chi connectivity index (χ3n) is 1.77. The minimum absolute atomic E-state index is 0. The van der Waals surface area contributed by atoms with E-state index in [2.05, 4.69) is 26.1 Å². The Kier molecular flexibility index (Phi) is 5.14. The van der Waals surface area contributed by atoms with Crippen molar-refractivity contribution in [3.8, 4) is 0 Å². The zero-order valence-corrected chi connectivity index (χ0v) is 9.04. The number of piperidine rings is 1. The molecule has 1 atom stereocenters. The van der Waals surface area contributed by atoms with E-state index < -0.39 is 0 Å². The molecule has 3 heteroatoms. The maximum Gasteiger partial charge on any atom is 0.0707 e. The molecule has 0 radical (unpaired) electrons. The summed E-state index contributed by atoms with van der Waals surface area (Å²) in [6, 6.07) is 0. The molecule has 0 bridgehead atoms. The fourth-order valence-electron chi connectivity index (χ4n) is 1.42. The van der Waals surface area contributed by atoms with E-state index in [0.717, 1.165) is 13.1 Å². The van der Waals surface area contributed by atoms with Crippen molar-refractivity contribution in [2.45, 2.75) is 45.3 Å². The number of ether oxygens (including phenoxy) is 1. The van der Waals surface area contributed by atoms with Crippen LogP contribution in [0.25, 0.3) is 0 Å². The predicted octanol–water partition coefficient (Wildman–Crippen LogP) is 1.98. The lowest BCUT2D eigenvalue weighted by atomic mass is 10.1. The van der Waals surface area contributed by atoms with Gasteiger partial charge in [-0.2, -0.15) is 0 Å². The molecule has 1 aliphatic heterocycles. The summed E-state index contributed by atoms with van der Waals surface area (Å²) in [4.78, 5) is 0. The molecule has 1 N–H and O–H groups in total. The van der Waals surface area contributed by atoms with Crippen LogP contribution < -0.4 is 5.32 Å². The van der Waals surface area contributed by atoms with Gasteiger partial charge in [-0.15, -0.1) is 12.4 Å². The van der Waals surface area contributed by atoms with Crippen LogP contribution >= 0.6 is 12.4 Å². The Morgan fingerprint density at radius 1 is 1.33 bits per heavy atom. The Balaban J connectivity index is 0.00000121. The lowest BCUT2D eigenvalue weighted by molar-refractivity contribution is -0.0673. The molecule has 2 nitrogen and oxygen atoms in total. The van der Waals surface area contributed by atoms with Crippen molar-refractivity contribution in [2.75, 3.05) is 13.1 Å². The van der Waals surface area contributed by atoms with E-state index >= 15 is 0 Å². The SMILES string of the molecule is CC(C)(C)OC1CCCNC1.Cl. The normalized spacial score (nSPS) is 24.8. The van der Waals surface area contributed by atoms with E-state index in [1.54, 1.807) is 0 Å². The highest BCUT2D eigenvalue weighted by Crippen LogP contribution is 2.15. The van der Waals surface area contributed by atoms with Crippen LogP contribution in [0.3, 0.4) is 0 Å². The van der Waals surface area contributed by atoms with E-state index in [0.29, 0.717) is 6.10 Å². The number of hydrogen-bond donors (Lipinski definition) is 1. The maximum absolute atomic E-state index is 5.82. The molecule has 0 aliphatic carbocycles. The fraction of sp³-hybridized carbons (Fsp3) is 1.00. The molecule has 1 aliphatic rings. The zero-order valence-electron chi connectivity index (χ0n) is 8.22. The molecule has 0 spiro atoms. The maximum atomic E-state index is 5.82. The highest BCUT2D eigenvalue weighted by molar-refractivity contribution is 5.85. The smallest absolute Gasteiger partial charge is 0.0707 e. The van der Waals surface area contributed by atoms with E-state index in [4.69, 9.17) is 4.74 Å². The second kappa shape index (κ2) is 5.05. The average molecular weight is 194 g/mol. The lowest BCUT2D eigenvalue weighted by Crippen LogP contribution is -2.39. The Morgan fingerprint density at radius 3 is 2.42 bits per heavy atom. The third kappa shape index (κ3) is 4.96. The molecular weight excluding hydrogens is 174 g/mol. The highest BCUT2D eigenvalue weighted by Gasteiger charge is 2.20. The summed E-state index contributed by atoms with van der Waals surface area (Å²) < 4.78 is 5.82. The van der Waals surface area contributed by atoms with Gasteiger partial charge in [0, 0.05) is 6.54 Å². The predicted molar refractivity (Wildman–Crippen MR) is 54.0 cm³/mol. The van der Waals surface area contributed by atoms with Gasteiger partial charge in [0.15, 0.2) is 0 Å². The second-order valence-corrected chi connectivity index (χ2v) is 4.20. The van der Waals surface area contributed by atoms with Gasteiger partial charge in [-0.1, -0.05) is 0 Å². The Bertz CT molecular complexity index is 116. The minimum Gasteiger partial charge on any atom is -0.371 e. The van der Waals surface area contributed by atoms with Gasteiger partial charge < -0.3 is 10.1 Å². The van der Waals surface area contributed by atoms with Crippen LogP contribution in [0, 0.1) is 0 Å². The molecule has 0 aromatic heterocycles. The van der Waals surface area contributed by atoms with Crippen LogP contribution in [0.2, 0.25) is 0 Å². The quantitative estimate of drug-likeness (QED) is 0.688. The summed E-state index contributed by atoms with van der Waals surface area (Å²) >= 11 is 0. The number of hydrogen-bond acceptors (Lipinski definition) is 2. The molecule has 1 unspecified atom stereocenters. The first-order valence-electron chi connectivity index (χ1n) is 4.46. The van der Waals surface area contributed by atoms with Crippen molar-refractivity contribution < 1.29 is 4.74 Å². The van der Waals surface area contributed by atoms with E-state index in [1.807, 2.05) is 0 Å². The van der Waals surface area contributed by atoms with Crippen molar-refractivity contribution in [3.63, 3.8) is 0 Å². The largest absolute Gasteiger partial charge is 0.371 e. The Hall–Kier alpha value is 0.210. The van der Waals surface area contributed by atoms with Crippen molar-refractivity contribution in [1.29, 1.82) is 0 Å². The standard InChI is InChI=1S/C9H19NO.ClH/c1-9(2,3)11-8-5-4-6-10-7-8;/h8,10H,4-7H2,1-3H3;1H. The molecule has 1 heterocycles. The Labute approximate surface area is 81.5 Å². The summed E-state index contributed by atoms with van der Waals surface area (Å²) in [6.45, 7) is 8.52. The summed E-state index contributed by atoms with van der Waals surface area (Å²) in [5, 5.41) is 3.33. The van der Waals surface area contributed by atoms with Crippen molar-refractivity contribution in [3.05, 3.63) is 0 Å². The second-order valence-electron chi connectivity index (χ2n) is 4.20. The molecule has 1 saturated heterocycles. The number of rotatable bonds is 1. The van der Waals surface area contributed by atoms with E-state index in [9.17, 15) is 0 Å². The summed E-state index contributed by atoms with van der Waals surface area (Å²) in [6.07, 6.45) is 2.90. The van der Waals surface area contributed by atoms with E-state index in [-0.39, 0.29) is 18.0 Å². The topological polar surface area (TPSA) is 21.3 Å². The van der Waals surface area contributed by atoms with E-state index in [1.165, 1.54) is 12.8 Å². The first kappa shape index (κ1) is 12.2. The van der Waals surface area contributed by atoms with Gasteiger partial charge in [-0.3, -0.25) is 0 Å². The molecule has 0 aromatic rings. The molecular formula is C9H20ClNO. The van der Waals surface area contributed by atoms with Crippen molar-refractivity contribution in [2.24, 2.45) is 0 Å². The van der Waals surface area contributed by atoms with Crippen LogP contribution in [-0.2, 0) is 4.74 Å². The van der Waals surface area contributed by atoms with Gasteiger partial charge in [0.1, 0.15) is 0 Å². The first-order chi connectivity index (χ1) is 5.08. The van der Waals surface area contributed by atoms with Crippen LogP contribution in [0.1, 0.15) is 33.6 Å². The van der Waals surface area contributed by atoms with Gasteiger partial charge in [-0.25, -0.2) is 0 Å². The van der Waals surface area contributed by atoms with Crippen molar-refractivity contribution in [1.82, 2.24) is 5.32 Å². The highest BCUT2D eigenvalue weighted by atomic mass is 35.5. The van der Waals surface area contributed by atoms with Gasteiger partial charge in [0.05, 0.1) is 11.7 Å². The number of halogens is 1. The van der Waals surface area contributed by atoms with Gasteiger partial charge >= 0.3 is 0 Å². The lowest BCUT2D eigenvalue weighted by Gasteiger charge is -2.30. The molecule has 0 amide bonds. The van der Waals surface area contributed by atoms with Gasteiger partial charge in [0.2, 0.25) is 0 Å². The van der Waals surface area contributed by atoms with Crippen LogP contribution in [-0.4, -0.2) is 24.8 Å². The van der Waals surface area contributed by atoms with Gasteiger partial charge in [0.25, 0.3) is 0 Å². The molecule has 74 valence electrons. The molecule has 0 aromatic carbocycles. The minimum atomic E-state index is 0. The zero-order chi connectivity index (χ0) is 8.32. The van der Waals surface area contributed by atoms with Crippen LogP contribution in [0.15, 0.2) is 0 Å². The Morgan fingerprint density at radius 2 is 2.00 bits per heavy atom. The summed E-state index contributed by atoms with van der Waals surface area (Å²) in [5.74, 6) is 0. The fourth-order valence-corrected chi connectivity index (χ4v) is 1.42. The molecule has 12 heavy (non-hydrogen) atoms. The van der Waals surface area contributed by atoms with Crippen molar-refractivity contribution >= 4 is 12.4 Å². The monoisotopic (exact) mass is 193 g/mol. The summed E-state index contributed by atoms with van der Waals surface area (Å²) in [7, 11) is 0. The molecule has 1 fully saturated rings. The molecule has 0 saturated carbocycles. The average Bonchev–Trinajstić information content (AvgIpc) is 1.85. The van der Waals surface area contributed by atoms with Gasteiger partial charge in [-0.05, 0) is 40.2 Å². The first-order valence-corrected chi connectivity index (χ1v) is 4.46. The summed E-state index contributed by atoms with van der Waals surface area (Å²) in [5.41, 5.74) is 0.0175. The van der Waals surface area contributed by atoms with Crippen LogP contribution in [0.5, 0.6) is 0 Å². The third-order valence-corrected chi connectivity index (χ3v) is 1.77. The number of nitrogens with one attached hydrogen (secondary N) is 1. The molecule has 1 rings (SSSR count).